The first-order chi connectivity index (χ1) is 14.1. The summed E-state index contributed by atoms with van der Waals surface area (Å²) in [5, 5.41) is 5.55. The van der Waals surface area contributed by atoms with E-state index in [0.29, 0.717) is 6.42 Å². The average molecular weight is 399 g/mol. The normalized spacial score (nSPS) is 8.97. The minimum absolute atomic E-state index is 0.00699. The van der Waals surface area contributed by atoms with E-state index in [9.17, 15) is 9.59 Å². The second-order valence-electron chi connectivity index (χ2n) is 5.16. The van der Waals surface area contributed by atoms with E-state index in [1.807, 2.05) is 109 Å². The summed E-state index contributed by atoms with van der Waals surface area (Å²) >= 11 is 0. The number of nitrogens with one attached hydrogen (secondary N) is 2. The smallest absolute Gasteiger partial charge is 0.224 e. The molecular formula is C25H38N2O2. The Morgan fingerprint density at radius 2 is 1.03 bits per heavy atom. The quantitative estimate of drug-likeness (QED) is 0.521. The number of carbonyl (C=O) groups excluding carboxylic acids is 2. The van der Waals surface area contributed by atoms with Crippen LogP contribution in [0.1, 0.15) is 72.9 Å². The van der Waals surface area contributed by atoms with Crippen molar-refractivity contribution in [3.8, 4) is 0 Å². The van der Waals surface area contributed by atoms with Gasteiger partial charge in [-0.2, -0.15) is 0 Å². The Morgan fingerprint density at radius 3 is 1.34 bits per heavy atom. The maximum atomic E-state index is 11.3. The van der Waals surface area contributed by atoms with Crippen molar-refractivity contribution in [3.05, 3.63) is 59.7 Å². The van der Waals surface area contributed by atoms with Gasteiger partial charge in [0.1, 0.15) is 0 Å². The lowest BCUT2D eigenvalue weighted by Gasteiger charge is -2.03. The molecule has 160 valence electrons. The first-order valence-electron chi connectivity index (χ1n) is 10.5. The van der Waals surface area contributed by atoms with Gasteiger partial charge in [-0.05, 0) is 35.4 Å². The van der Waals surface area contributed by atoms with Crippen LogP contribution in [0.15, 0.2) is 48.5 Å². The zero-order chi connectivity index (χ0) is 22.7. The summed E-state index contributed by atoms with van der Waals surface area (Å²) in [5.41, 5.74) is 3.67. The molecule has 0 radical (unpaired) electrons. The van der Waals surface area contributed by atoms with Crippen molar-refractivity contribution in [2.75, 3.05) is 10.6 Å². The summed E-state index contributed by atoms with van der Waals surface area (Å²) in [5.74, 6) is -0.0731. The van der Waals surface area contributed by atoms with Crippen LogP contribution in [0.5, 0.6) is 0 Å². The van der Waals surface area contributed by atoms with Gasteiger partial charge in [0.05, 0.1) is 0 Å². The van der Waals surface area contributed by atoms with E-state index >= 15 is 0 Å². The van der Waals surface area contributed by atoms with Gasteiger partial charge in [-0.3, -0.25) is 9.59 Å². The van der Waals surface area contributed by atoms with Crippen molar-refractivity contribution in [3.63, 3.8) is 0 Å². The molecule has 0 unspecified atom stereocenters. The van der Waals surface area contributed by atoms with Gasteiger partial charge in [-0.15, -0.1) is 0 Å². The number of benzene rings is 2. The Kier molecular flexibility index (Phi) is 18.1. The molecule has 2 N–H and O–H groups in total. The zero-order valence-electron chi connectivity index (χ0n) is 19.3. The number of amides is 2. The predicted molar refractivity (Wildman–Crippen MR) is 129 cm³/mol. The van der Waals surface area contributed by atoms with Crippen LogP contribution in [0.2, 0.25) is 0 Å². The first-order valence-corrected chi connectivity index (χ1v) is 10.5. The van der Waals surface area contributed by atoms with Gasteiger partial charge >= 0.3 is 0 Å². The second kappa shape index (κ2) is 18.5. The van der Waals surface area contributed by atoms with Gasteiger partial charge in [0.2, 0.25) is 11.8 Å². The van der Waals surface area contributed by atoms with Crippen LogP contribution in [0.3, 0.4) is 0 Å². The van der Waals surface area contributed by atoms with Crippen LogP contribution in [0.4, 0.5) is 11.4 Å². The van der Waals surface area contributed by atoms with Crippen LogP contribution in [-0.2, 0) is 9.59 Å². The molecule has 2 amide bonds. The standard InChI is InChI=1S/C19H20N2O2.3C2H6/c1-3-19(23)21-18-12-8-16(9-13-18)5-4-15-6-10-17(11-7-15)20-14(2)22;3*1-2/h4-13H,3H2,1-2H3,(H,20,22)(H,21,23);3*1-2H3/b5-4+;;;. The monoisotopic (exact) mass is 398 g/mol. The van der Waals surface area contributed by atoms with Crippen molar-refractivity contribution in [1.29, 1.82) is 0 Å². The first kappa shape index (κ1) is 28.3. The third kappa shape index (κ3) is 13.0. The third-order valence-corrected chi connectivity index (χ3v) is 3.21. The molecule has 0 fully saturated rings. The van der Waals surface area contributed by atoms with E-state index in [-0.39, 0.29) is 11.8 Å². The van der Waals surface area contributed by atoms with Crippen LogP contribution < -0.4 is 10.6 Å². The summed E-state index contributed by atoms with van der Waals surface area (Å²) in [6.45, 7) is 15.3. The molecule has 2 aromatic rings. The van der Waals surface area contributed by atoms with E-state index in [0.717, 1.165) is 22.5 Å². The maximum absolute atomic E-state index is 11.3. The summed E-state index contributed by atoms with van der Waals surface area (Å²) in [7, 11) is 0. The highest BCUT2D eigenvalue weighted by Crippen LogP contribution is 2.15. The van der Waals surface area contributed by atoms with Gasteiger partial charge in [-0.25, -0.2) is 0 Å². The minimum Gasteiger partial charge on any atom is -0.326 e. The fraction of sp³-hybridized carbons (Fsp3) is 0.360. The fourth-order valence-corrected chi connectivity index (χ4v) is 2.00. The SMILES string of the molecule is CC.CC.CC.CCC(=O)Nc1ccc(/C=C/c2ccc(NC(C)=O)cc2)cc1. The highest BCUT2D eigenvalue weighted by Gasteiger charge is 1.98. The summed E-state index contributed by atoms with van der Waals surface area (Å²) < 4.78 is 0. The number of hydrogen-bond donors (Lipinski definition) is 2. The van der Waals surface area contributed by atoms with Gasteiger partial charge in [0, 0.05) is 24.7 Å². The van der Waals surface area contributed by atoms with E-state index in [1.54, 1.807) is 0 Å². The van der Waals surface area contributed by atoms with Crippen molar-refractivity contribution < 1.29 is 9.59 Å². The summed E-state index contributed by atoms with van der Waals surface area (Å²) in [6, 6.07) is 15.3. The molecule has 0 aliphatic carbocycles. The largest absolute Gasteiger partial charge is 0.326 e. The zero-order valence-corrected chi connectivity index (χ0v) is 19.3. The fourth-order valence-electron chi connectivity index (χ4n) is 2.00. The molecule has 0 heterocycles. The number of anilines is 2. The molecule has 29 heavy (non-hydrogen) atoms. The molecular weight excluding hydrogens is 360 g/mol. The maximum Gasteiger partial charge on any atom is 0.224 e. The molecule has 4 heteroatoms. The Balaban J connectivity index is 0. The van der Waals surface area contributed by atoms with Crippen molar-refractivity contribution in [2.24, 2.45) is 0 Å². The summed E-state index contributed by atoms with van der Waals surface area (Å²) in [4.78, 5) is 22.3. The number of carbonyl (C=O) groups is 2. The van der Waals surface area contributed by atoms with Crippen molar-refractivity contribution in [1.82, 2.24) is 0 Å². The molecule has 0 bridgehead atoms. The number of hydrogen-bond acceptors (Lipinski definition) is 2. The third-order valence-electron chi connectivity index (χ3n) is 3.21. The topological polar surface area (TPSA) is 58.2 Å². The molecule has 4 nitrogen and oxygen atoms in total. The van der Waals surface area contributed by atoms with E-state index in [4.69, 9.17) is 0 Å². The molecule has 0 aliphatic heterocycles. The van der Waals surface area contributed by atoms with Crippen LogP contribution >= 0.6 is 0 Å². The molecule has 0 atom stereocenters. The van der Waals surface area contributed by atoms with Gasteiger partial charge < -0.3 is 10.6 Å². The van der Waals surface area contributed by atoms with Crippen molar-refractivity contribution in [2.45, 2.75) is 61.8 Å². The summed E-state index contributed by atoms with van der Waals surface area (Å²) in [6.07, 6.45) is 4.46. The van der Waals surface area contributed by atoms with Crippen molar-refractivity contribution >= 4 is 35.3 Å². The molecule has 0 spiro atoms. The lowest BCUT2D eigenvalue weighted by atomic mass is 10.1. The van der Waals surface area contributed by atoms with E-state index in [1.165, 1.54) is 6.92 Å². The van der Waals surface area contributed by atoms with Gasteiger partial charge in [0.25, 0.3) is 0 Å². The number of rotatable bonds is 5. The molecule has 2 rings (SSSR count). The average Bonchev–Trinajstić information content (AvgIpc) is 2.78. The molecule has 2 aromatic carbocycles. The Morgan fingerprint density at radius 1 is 0.690 bits per heavy atom. The lowest BCUT2D eigenvalue weighted by Crippen LogP contribution is -2.08. The lowest BCUT2D eigenvalue weighted by molar-refractivity contribution is -0.116. The molecule has 0 saturated heterocycles. The Hall–Kier alpha value is -2.88. The minimum atomic E-state index is -0.0801. The van der Waals surface area contributed by atoms with Gasteiger partial charge in [-0.1, -0.05) is 84.9 Å². The Labute approximate surface area is 177 Å². The second-order valence-corrected chi connectivity index (χ2v) is 5.16. The molecule has 0 aromatic heterocycles. The van der Waals surface area contributed by atoms with E-state index in [2.05, 4.69) is 10.6 Å². The van der Waals surface area contributed by atoms with Crippen LogP contribution in [-0.4, -0.2) is 11.8 Å². The molecule has 0 aliphatic rings. The van der Waals surface area contributed by atoms with E-state index < -0.39 is 0 Å². The highest BCUT2D eigenvalue weighted by atomic mass is 16.2. The van der Waals surface area contributed by atoms with Crippen LogP contribution in [0, 0.1) is 0 Å². The molecule has 0 saturated carbocycles. The van der Waals surface area contributed by atoms with Gasteiger partial charge in [0.15, 0.2) is 0 Å². The van der Waals surface area contributed by atoms with Crippen LogP contribution in [0.25, 0.3) is 12.2 Å². The predicted octanol–water partition coefficient (Wildman–Crippen LogP) is 7.24. The highest BCUT2D eigenvalue weighted by molar-refractivity contribution is 5.90. The Bertz CT molecular complexity index is 703.